The van der Waals surface area contributed by atoms with E-state index in [2.05, 4.69) is 5.32 Å². The number of carbonyl (C=O) groups excluding carboxylic acids is 2. The molecule has 2 amide bonds. The fraction of sp³-hybridized carbons (Fsp3) is 0.273. The zero-order valence-electron chi connectivity index (χ0n) is 24.5. The van der Waals surface area contributed by atoms with Gasteiger partial charge in [0.1, 0.15) is 17.6 Å². The van der Waals surface area contributed by atoms with E-state index in [1.54, 1.807) is 36.4 Å². The molecule has 2 heterocycles. The molecule has 4 aromatic rings. The number of halogens is 1. The smallest absolute Gasteiger partial charge is 0.261 e. The molecule has 1 aromatic heterocycles. The Kier molecular flexibility index (Phi) is 10.9. The Hall–Kier alpha value is -4.16. The molecule has 0 bridgehead atoms. The van der Waals surface area contributed by atoms with E-state index in [1.807, 2.05) is 30.3 Å². The van der Waals surface area contributed by atoms with Crippen LogP contribution in [-0.2, 0) is 43.9 Å². The normalized spacial score (nSPS) is 14.4. The number of furan rings is 1. The quantitative estimate of drug-likeness (QED) is 0.229. The number of rotatable bonds is 13. The van der Waals surface area contributed by atoms with Crippen LogP contribution < -0.4 is 10.1 Å². The van der Waals surface area contributed by atoms with Crippen molar-refractivity contribution >= 4 is 33.4 Å². The van der Waals surface area contributed by atoms with Crippen LogP contribution in [0.1, 0.15) is 16.9 Å². The van der Waals surface area contributed by atoms with Crippen LogP contribution in [0.2, 0.25) is 5.02 Å². The molecule has 12 heteroatoms. The van der Waals surface area contributed by atoms with Crippen molar-refractivity contribution in [3.63, 3.8) is 0 Å². The highest BCUT2D eigenvalue weighted by Crippen LogP contribution is 2.22. The Balaban J connectivity index is 1.35. The van der Waals surface area contributed by atoms with Crippen molar-refractivity contribution in [2.75, 3.05) is 32.9 Å². The second kappa shape index (κ2) is 15.2. The summed E-state index contributed by atoms with van der Waals surface area (Å²) in [6.07, 6.45) is 1.79. The Labute approximate surface area is 267 Å². The summed E-state index contributed by atoms with van der Waals surface area (Å²) in [5.41, 5.74) is 1.66. The molecule has 0 spiro atoms. The van der Waals surface area contributed by atoms with Gasteiger partial charge in [-0.15, -0.1) is 0 Å². The van der Waals surface area contributed by atoms with Crippen LogP contribution in [-0.4, -0.2) is 68.4 Å². The predicted octanol–water partition coefficient (Wildman–Crippen LogP) is 4.29. The molecule has 1 N–H and O–H groups in total. The van der Waals surface area contributed by atoms with Gasteiger partial charge in [-0.05, 0) is 59.7 Å². The fourth-order valence-electron chi connectivity index (χ4n) is 4.92. The van der Waals surface area contributed by atoms with Gasteiger partial charge in [0.05, 0.1) is 30.9 Å². The molecule has 0 saturated carbocycles. The molecule has 1 aliphatic heterocycles. The van der Waals surface area contributed by atoms with Crippen molar-refractivity contribution in [3.05, 3.63) is 119 Å². The van der Waals surface area contributed by atoms with Gasteiger partial charge in [-0.3, -0.25) is 9.59 Å². The second-order valence-corrected chi connectivity index (χ2v) is 12.8. The van der Waals surface area contributed by atoms with Gasteiger partial charge in [-0.2, -0.15) is 4.31 Å². The highest BCUT2D eigenvalue weighted by molar-refractivity contribution is 7.89. The molecule has 1 atom stereocenters. The van der Waals surface area contributed by atoms with Crippen molar-refractivity contribution in [1.29, 1.82) is 0 Å². The van der Waals surface area contributed by atoms with Crippen molar-refractivity contribution in [2.45, 2.75) is 30.4 Å². The zero-order chi connectivity index (χ0) is 31.6. The first-order valence-corrected chi connectivity index (χ1v) is 16.3. The van der Waals surface area contributed by atoms with E-state index < -0.39 is 22.0 Å². The first kappa shape index (κ1) is 32.2. The average molecular weight is 652 g/mol. The Morgan fingerprint density at radius 2 is 1.62 bits per heavy atom. The lowest BCUT2D eigenvalue weighted by atomic mass is 10.0. The van der Waals surface area contributed by atoms with Gasteiger partial charge >= 0.3 is 0 Å². The number of nitrogens with zero attached hydrogens (tertiary/aromatic N) is 2. The lowest BCUT2D eigenvalue weighted by Gasteiger charge is -2.31. The molecule has 236 valence electrons. The molecule has 1 aliphatic rings. The summed E-state index contributed by atoms with van der Waals surface area (Å²) in [6.45, 7) is 1.19. The van der Waals surface area contributed by atoms with Crippen LogP contribution in [0.25, 0.3) is 0 Å². The van der Waals surface area contributed by atoms with Crippen LogP contribution in [0.3, 0.4) is 0 Å². The molecule has 1 saturated heterocycles. The van der Waals surface area contributed by atoms with E-state index in [0.717, 1.165) is 11.1 Å². The van der Waals surface area contributed by atoms with Crippen LogP contribution in [0.15, 0.2) is 107 Å². The van der Waals surface area contributed by atoms with Gasteiger partial charge in [-0.1, -0.05) is 54.1 Å². The fourth-order valence-corrected chi connectivity index (χ4v) is 6.45. The standard InChI is InChI=1S/C33H34ClN3O7S/c34-27-10-8-26(9-11-27)23-37(31(21-25-5-2-1-3-6-25)33(39)35-22-29-7-4-18-43-29)32(38)24-44-28-12-14-30(15-13-28)45(40,41)36-16-19-42-20-17-36/h1-15,18,31H,16-17,19-24H2,(H,35,39). The highest BCUT2D eigenvalue weighted by Gasteiger charge is 2.31. The Bertz CT molecular complexity index is 1640. The van der Waals surface area contributed by atoms with E-state index in [4.69, 9.17) is 25.5 Å². The number of hydrogen-bond donors (Lipinski definition) is 1. The Morgan fingerprint density at radius 1 is 0.911 bits per heavy atom. The van der Waals surface area contributed by atoms with Crippen LogP contribution in [0.4, 0.5) is 0 Å². The van der Waals surface area contributed by atoms with Crippen molar-refractivity contribution in [3.8, 4) is 5.75 Å². The summed E-state index contributed by atoms with van der Waals surface area (Å²) < 4.78 is 43.8. The highest BCUT2D eigenvalue weighted by atomic mass is 35.5. The molecule has 0 radical (unpaired) electrons. The third kappa shape index (κ3) is 8.73. The topological polar surface area (TPSA) is 118 Å². The number of morpholine rings is 1. The third-order valence-corrected chi connectivity index (χ3v) is 9.51. The first-order valence-electron chi connectivity index (χ1n) is 14.5. The summed E-state index contributed by atoms with van der Waals surface area (Å²) in [7, 11) is -3.67. The number of carbonyl (C=O) groups is 2. The summed E-state index contributed by atoms with van der Waals surface area (Å²) in [5, 5.41) is 3.45. The van der Waals surface area contributed by atoms with Gasteiger partial charge < -0.3 is 24.1 Å². The SMILES string of the molecule is O=C(NCc1ccco1)C(Cc1ccccc1)N(Cc1ccc(Cl)cc1)C(=O)COc1ccc(S(=O)(=O)N2CCOCC2)cc1. The van der Waals surface area contributed by atoms with Crippen LogP contribution in [0, 0.1) is 0 Å². The van der Waals surface area contributed by atoms with Crippen LogP contribution in [0.5, 0.6) is 5.75 Å². The molecule has 1 fully saturated rings. The summed E-state index contributed by atoms with van der Waals surface area (Å²) in [5.74, 6) is 0.122. The number of amides is 2. The van der Waals surface area contributed by atoms with E-state index in [-0.39, 0.29) is 50.0 Å². The van der Waals surface area contributed by atoms with Crippen LogP contribution >= 0.6 is 11.6 Å². The van der Waals surface area contributed by atoms with Gasteiger partial charge in [0, 0.05) is 31.1 Å². The summed E-state index contributed by atoms with van der Waals surface area (Å²) in [6, 6.07) is 25.1. The van der Waals surface area contributed by atoms with Gasteiger partial charge in [0.25, 0.3) is 5.91 Å². The number of nitrogens with one attached hydrogen (secondary N) is 1. The molecule has 3 aromatic carbocycles. The second-order valence-electron chi connectivity index (χ2n) is 10.4. The first-order chi connectivity index (χ1) is 21.8. The average Bonchev–Trinajstić information content (AvgIpc) is 3.60. The van der Waals surface area contributed by atoms with Gasteiger partial charge in [0.15, 0.2) is 6.61 Å². The number of ether oxygens (including phenoxy) is 2. The predicted molar refractivity (Wildman–Crippen MR) is 168 cm³/mol. The number of sulfonamides is 1. The lowest BCUT2D eigenvalue weighted by molar-refractivity contribution is -0.142. The molecule has 0 aliphatic carbocycles. The Morgan fingerprint density at radius 3 is 2.29 bits per heavy atom. The van der Waals surface area contributed by atoms with Gasteiger partial charge in [-0.25, -0.2) is 8.42 Å². The van der Waals surface area contributed by atoms with E-state index in [0.29, 0.717) is 29.7 Å². The minimum atomic E-state index is -3.67. The molecular formula is C33H34ClN3O7S. The third-order valence-electron chi connectivity index (χ3n) is 7.35. The maximum absolute atomic E-state index is 13.9. The van der Waals surface area contributed by atoms with Crippen molar-refractivity contribution < 1.29 is 31.9 Å². The van der Waals surface area contributed by atoms with E-state index in [1.165, 1.54) is 39.7 Å². The minimum absolute atomic E-state index is 0.127. The molecule has 45 heavy (non-hydrogen) atoms. The monoisotopic (exact) mass is 651 g/mol. The van der Waals surface area contributed by atoms with Gasteiger partial charge in [0.2, 0.25) is 15.9 Å². The maximum atomic E-state index is 13.9. The molecule has 10 nitrogen and oxygen atoms in total. The number of benzene rings is 3. The van der Waals surface area contributed by atoms with E-state index in [9.17, 15) is 18.0 Å². The number of hydrogen-bond acceptors (Lipinski definition) is 7. The maximum Gasteiger partial charge on any atom is 0.261 e. The zero-order valence-corrected chi connectivity index (χ0v) is 26.1. The van der Waals surface area contributed by atoms with E-state index >= 15 is 0 Å². The minimum Gasteiger partial charge on any atom is -0.484 e. The largest absolute Gasteiger partial charge is 0.484 e. The summed E-state index contributed by atoms with van der Waals surface area (Å²) >= 11 is 6.10. The van der Waals surface area contributed by atoms with Crippen molar-refractivity contribution in [1.82, 2.24) is 14.5 Å². The lowest BCUT2D eigenvalue weighted by Crippen LogP contribution is -2.51. The molecule has 5 rings (SSSR count). The van der Waals surface area contributed by atoms with Crippen molar-refractivity contribution in [2.24, 2.45) is 0 Å². The molecule has 1 unspecified atom stereocenters. The molecular weight excluding hydrogens is 618 g/mol. The summed E-state index contributed by atoms with van der Waals surface area (Å²) in [4.78, 5) is 29.2.